The van der Waals surface area contributed by atoms with Gasteiger partial charge in [0.25, 0.3) is 5.91 Å². The maximum Gasteiger partial charge on any atom is 0.265 e. The molecule has 0 aliphatic carbocycles. The number of carbonyl (C=O) groups excluding carboxylic acids is 1. The summed E-state index contributed by atoms with van der Waals surface area (Å²) < 4.78 is 5.22. The van der Waals surface area contributed by atoms with Crippen molar-refractivity contribution in [1.29, 1.82) is 0 Å². The molecule has 4 rings (SSSR count). The van der Waals surface area contributed by atoms with E-state index in [1.54, 1.807) is 13.3 Å². The Morgan fingerprint density at radius 3 is 2.50 bits per heavy atom. The highest BCUT2D eigenvalue weighted by Crippen LogP contribution is 2.28. The van der Waals surface area contributed by atoms with Gasteiger partial charge in [0.05, 0.1) is 13.3 Å². The van der Waals surface area contributed by atoms with Gasteiger partial charge in [-0.2, -0.15) is 0 Å². The molecule has 5 heteroatoms. The van der Waals surface area contributed by atoms with Gasteiger partial charge in [-0.05, 0) is 42.9 Å². The van der Waals surface area contributed by atoms with Crippen molar-refractivity contribution < 1.29 is 9.53 Å². The molecule has 4 nitrogen and oxygen atoms in total. The van der Waals surface area contributed by atoms with Crippen LogP contribution in [0.25, 0.3) is 10.6 Å². The van der Waals surface area contributed by atoms with Gasteiger partial charge in [0.1, 0.15) is 15.6 Å². The topological polar surface area (TPSA) is 42.4 Å². The number of rotatable bonds is 5. The van der Waals surface area contributed by atoms with E-state index in [1.165, 1.54) is 16.9 Å². The van der Waals surface area contributed by atoms with Crippen molar-refractivity contribution >= 4 is 17.2 Å². The van der Waals surface area contributed by atoms with Crippen LogP contribution in [0.3, 0.4) is 0 Å². The SMILES string of the molecule is COc1ccc(CC2CCN(C(=O)c3cnc(-c4ccccc4)s3)CC2)cc1. The molecule has 1 amide bonds. The summed E-state index contributed by atoms with van der Waals surface area (Å²) in [6, 6.07) is 18.3. The van der Waals surface area contributed by atoms with Crippen LogP contribution < -0.4 is 4.74 Å². The van der Waals surface area contributed by atoms with E-state index in [-0.39, 0.29) is 5.91 Å². The molecule has 28 heavy (non-hydrogen) atoms. The van der Waals surface area contributed by atoms with Crippen molar-refractivity contribution in [3.05, 3.63) is 71.2 Å². The summed E-state index contributed by atoms with van der Waals surface area (Å²) in [6.07, 6.45) is 4.87. The fourth-order valence-corrected chi connectivity index (χ4v) is 4.57. The second-order valence-electron chi connectivity index (χ2n) is 7.18. The lowest BCUT2D eigenvalue weighted by Gasteiger charge is -2.31. The number of hydrogen-bond donors (Lipinski definition) is 0. The van der Waals surface area contributed by atoms with Crippen molar-refractivity contribution in [2.24, 2.45) is 5.92 Å². The van der Waals surface area contributed by atoms with Gasteiger partial charge in [-0.15, -0.1) is 11.3 Å². The minimum absolute atomic E-state index is 0.113. The second kappa shape index (κ2) is 8.57. The van der Waals surface area contributed by atoms with E-state index in [0.717, 1.165) is 53.5 Å². The maximum absolute atomic E-state index is 12.9. The first-order valence-corrected chi connectivity index (χ1v) is 10.5. The average molecular weight is 393 g/mol. The molecule has 0 atom stereocenters. The van der Waals surface area contributed by atoms with Crippen LogP contribution in [0.4, 0.5) is 0 Å². The molecule has 0 spiro atoms. The number of benzene rings is 2. The van der Waals surface area contributed by atoms with Gasteiger partial charge in [-0.25, -0.2) is 4.98 Å². The van der Waals surface area contributed by atoms with Gasteiger partial charge in [0, 0.05) is 18.7 Å². The summed E-state index contributed by atoms with van der Waals surface area (Å²) in [4.78, 5) is 20.0. The molecule has 0 radical (unpaired) electrons. The Morgan fingerprint density at radius 1 is 1.11 bits per heavy atom. The Balaban J connectivity index is 1.33. The lowest BCUT2D eigenvalue weighted by molar-refractivity contribution is 0.0695. The molecule has 1 saturated heterocycles. The Labute approximate surface area is 169 Å². The third-order valence-electron chi connectivity index (χ3n) is 5.32. The second-order valence-corrected chi connectivity index (χ2v) is 8.21. The number of aromatic nitrogens is 1. The molecule has 0 bridgehead atoms. The molecule has 1 aliphatic rings. The lowest BCUT2D eigenvalue weighted by atomic mass is 9.90. The highest BCUT2D eigenvalue weighted by atomic mass is 32.1. The summed E-state index contributed by atoms with van der Waals surface area (Å²) in [5.74, 6) is 1.63. The zero-order valence-electron chi connectivity index (χ0n) is 16.0. The molecule has 1 aromatic heterocycles. The number of thiazole rings is 1. The van der Waals surface area contributed by atoms with Crippen molar-refractivity contribution in [3.8, 4) is 16.3 Å². The summed E-state index contributed by atoms with van der Waals surface area (Å²) in [5, 5.41) is 0.901. The Kier molecular flexibility index (Phi) is 5.72. The lowest BCUT2D eigenvalue weighted by Crippen LogP contribution is -2.38. The van der Waals surface area contributed by atoms with Crippen molar-refractivity contribution in [3.63, 3.8) is 0 Å². The van der Waals surface area contributed by atoms with Crippen LogP contribution in [-0.2, 0) is 6.42 Å². The fraction of sp³-hybridized carbons (Fsp3) is 0.304. The van der Waals surface area contributed by atoms with E-state index in [0.29, 0.717) is 5.92 Å². The molecule has 0 unspecified atom stereocenters. The molecular weight excluding hydrogens is 368 g/mol. The Bertz CT molecular complexity index is 913. The number of amides is 1. The number of ether oxygens (including phenoxy) is 1. The van der Waals surface area contributed by atoms with E-state index in [1.807, 2.05) is 47.4 Å². The van der Waals surface area contributed by atoms with Crippen LogP contribution in [0.15, 0.2) is 60.8 Å². The summed E-state index contributed by atoms with van der Waals surface area (Å²) in [7, 11) is 1.69. The first kappa shape index (κ1) is 18.7. The van der Waals surface area contributed by atoms with Crippen molar-refractivity contribution in [2.45, 2.75) is 19.3 Å². The molecule has 3 aromatic rings. The van der Waals surface area contributed by atoms with Crippen LogP contribution in [0, 0.1) is 5.92 Å². The molecule has 2 heterocycles. The summed E-state index contributed by atoms with van der Waals surface area (Å²) in [6.45, 7) is 1.64. The van der Waals surface area contributed by atoms with Gasteiger partial charge in [0.15, 0.2) is 0 Å². The standard InChI is InChI=1S/C23H24N2O2S/c1-27-20-9-7-17(8-10-20)15-18-11-13-25(14-12-18)23(26)21-16-24-22(28-21)19-5-3-2-4-6-19/h2-10,16,18H,11-15H2,1H3. The zero-order valence-corrected chi connectivity index (χ0v) is 16.8. The smallest absolute Gasteiger partial charge is 0.265 e. The first-order chi connectivity index (χ1) is 13.7. The molecule has 1 fully saturated rings. The third-order valence-corrected chi connectivity index (χ3v) is 6.36. The largest absolute Gasteiger partial charge is 0.497 e. The highest BCUT2D eigenvalue weighted by molar-refractivity contribution is 7.16. The minimum atomic E-state index is 0.113. The highest BCUT2D eigenvalue weighted by Gasteiger charge is 2.25. The number of nitrogens with zero attached hydrogens (tertiary/aromatic N) is 2. The van der Waals surface area contributed by atoms with E-state index >= 15 is 0 Å². The van der Waals surface area contributed by atoms with Gasteiger partial charge in [-0.1, -0.05) is 42.5 Å². The number of piperidine rings is 1. The van der Waals surface area contributed by atoms with Crippen molar-refractivity contribution in [1.82, 2.24) is 9.88 Å². The van der Waals surface area contributed by atoms with E-state index in [9.17, 15) is 4.79 Å². The van der Waals surface area contributed by atoms with E-state index < -0.39 is 0 Å². The van der Waals surface area contributed by atoms with E-state index in [4.69, 9.17) is 4.74 Å². The predicted octanol–water partition coefficient (Wildman–Crippen LogP) is 4.91. The first-order valence-electron chi connectivity index (χ1n) is 9.66. The predicted molar refractivity (Wildman–Crippen MR) is 113 cm³/mol. The molecule has 1 aliphatic heterocycles. The van der Waals surface area contributed by atoms with Crippen LogP contribution in [0.2, 0.25) is 0 Å². The molecule has 2 aromatic carbocycles. The number of hydrogen-bond acceptors (Lipinski definition) is 4. The van der Waals surface area contributed by atoms with Crippen LogP contribution in [0.1, 0.15) is 28.1 Å². The molecule has 0 N–H and O–H groups in total. The normalized spacial score (nSPS) is 14.8. The van der Waals surface area contributed by atoms with Gasteiger partial charge < -0.3 is 9.64 Å². The third kappa shape index (κ3) is 4.25. The summed E-state index contributed by atoms with van der Waals surface area (Å²) >= 11 is 1.48. The molecular formula is C23H24N2O2S. The monoisotopic (exact) mass is 392 g/mol. The maximum atomic E-state index is 12.9. The summed E-state index contributed by atoms with van der Waals surface area (Å²) in [5.41, 5.74) is 2.39. The molecule has 0 saturated carbocycles. The van der Waals surface area contributed by atoms with Gasteiger partial charge >= 0.3 is 0 Å². The van der Waals surface area contributed by atoms with Gasteiger partial charge in [-0.3, -0.25) is 4.79 Å². The average Bonchev–Trinajstić information content (AvgIpc) is 3.25. The fourth-order valence-electron chi connectivity index (χ4n) is 3.68. The van der Waals surface area contributed by atoms with Crippen LogP contribution in [-0.4, -0.2) is 36.0 Å². The quantitative estimate of drug-likeness (QED) is 0.619. The Hall–Kier alpha value is -2.66. The number of carbonyl (C=O) groups is 1. The minimum Gasteiger partial charge on any atom is -0.497 e. The van der Waals surface area contributed by atoms with E-state index in [2.05, 4.69) is 17.1 Å². The van der Waals surface area contributed by atoms with Crippen LogP contribution >= 0.6 is 11.3 Å². The number of likely N-dealkylation sites (tertiary alicyclic amines) is 1. The molecule has 144 valence electrons. The Morgan fingerprint density at radius 2 is 1.82 bits per heavy atom. The zero-order chi connectivity index (χ0) is 19.3. The van der Waals surface area contributed by atoms with Crippen LogP contribution in [0.5, 0.6) is 5.75 Å². The number of methoxy groups -OCH3 is 1. The van der Waals surface area contributed by atoms with Crippen molar-refractivity contribution in [2.75, 3.05) is 20.2 Å². The van der Waals surface area contributed by atoms with Gasteiger partial charge in [0.2, 0.25) is 0 Å².